The Morgan fingerprint density at radius 2 is 1.69 bits per heavy atom. The van der Waals surface area contributed by atoms with E-state index in [1.165, 1.54) is 0 Å². The Bertz CT molecular complexity index is 880. The fraction of sp³-hybridized carbons (Fsp3) is 0.0455. The molecule has 130 valence electrons. The number of benzene rings is 2. The van der Waals surface area contributed by atoms with Crippen molar-refractivity contribution in [2.45, 2.75) is 6.61 Å². The Kier molecular flexibility index (Phi) is 6.40. The van der Waals surface area contributed by atoms with Crippen LogP contribution in [-0.4, -0.2) is 10.9 Å². The van der Waals surface area contributed by atoms with Gasteiger partial charge in [0.2, 0.25) is 0 Å². The van der Waals surface area contributed by atoms with Gasteiger partial charge in [0.25, 0.3) is 0 Å². The summed E-state index contributed by atoms with van der Waals surface area (Å²) in [7, 11) is 0. The predicted molar refractivity (Wildman–Crippen MR) is 109 cm³/mol. The lowest BCUT2D eigenvalue weighted by Gasteiger charge is -2.06. The van der Waals surface area contributed by atoms with Crippen LogP contribution in [0.3, 0.4) is 0 Å². The maximum atomic E-state index is 9.12. The normalized spacial score (nSPS) is 12.1. The first-order valence-electron chi connectivity index (χ1n) is 8.22. The van der Waals surface area contributed by atoms with Gasteiger partial charge in [-0.2, -0.15) is 0 Å². The summed E-state index contributed by atoms with van der Waals surface area (Å²) in [5.74, 6) is 0.819. The van der Waals surface area contributed by atoms with Crippen LogP contribution in [0.2, 0.25) is 0 Å². The number of hydrogen-bond acceptors (Lipinski definition) is 4. The second kappa shape index (κ2) is 9.39. The monoisotopic (exact) mass is 361 g/mol. The SMILES string of the molecule is ON=C(C=Cc1ccc(OCc2ccccc2)cc1)C=Cc1cccs1. The molecular weight excluding hydrogens is 342 g/mol. The Morgan fingerprint density at radius 1 is 0.923 bits per heavy atom. The minimum Gasteiger partial charge on any atom is -0.489 e. The average Bonchev–Trinajstić information content (AvgIpc) is 3.22. The molecule has 0 unspecified atom stereocenters. The molecule has 2 aromatic carbocycles. The van der Waals surface area contributed by atoms with Crippen LogP contribution in [0.5, 0.6) is 5.75 Å². The third kappa shape index (κ3) is 5.46. The number of hydrogen-bond donors (Lipinski definition) is 1. The van der Waals surface area contributed by atoms with Crippen LogP contribution in [0.15, 0.2) is 89.4 Å². The molecule has 0 radical (unpaired) electrons. The molecule has 0 aliphatic rings. The fourth-order valence-electron chi connectivity index (χ4n) is 2.27. The molecule has 1 heterocycles. The van der Waals surface area contributed by atoms with E-state index in [4.69, 9.17) is 9.94 Å². The molecule has 0 aliphatic carbocycles. The number of oxime groups is 1. The first-order chi connectivity index (χ1) is 12.8. The molecule has 3 nitrogen and oxygen atoms in total. The standard InChI is InChI=1S/C22H19NO2S/c24-23-20(12-15-22-7-4-16-26-22)11-8-18-9-13-21(14-10-18)25-17-19-5-2-1-3-6-19/h1-16,24H,17H2. The number of ether oxygens (including phenoxy) is 1. The third-order valence-corrected chi connectivity index (χ3v) is 4.49. The van der Waals surface area contributed by atoms with Crippen molar-refractivity contribution in [3.05, 3.63) is 100 Å². The van der Waals surface area contributed by atoms with Gasteiger partial charge in [0, 0.05) is 4.88 Å². The second-order valence-electron chi connectivity index (χ2n) is 5.55. The van der Waals surface area contributed by atoms with Crippen molar-refractivity contribution in [2.24, 2.45) is 5.16 Å². The van der Waals surface area contributed by atoms with Gasteiger partial charge in [-0.1, -0.05) is 59.8 Å². The number of allylic oxidation sites excluding steroid dienone is 2. The van der Waals surface area contributed by atoms with Crippen LogP contribution in [0, 0.1) is 0 Å². The lowest BCUT2D eigenvalue weighted by Crippen LogP contribution is -1.94. The van der Waals surface area contributed by atoms with E-state index >= 15 is 0 Å². The molecule has 1 N–H and O–H groups in total. The summed E-state index contributed by atoms with van der Waals surface area (Å²) < 4.78 is 5.78. The van der Waals surface area contributed by atoms with Crippen molar-refractivity contribution in [3.8, 4) is 5.75 Å². The quantitative estimate of drug-likeness (QED) is 0.324. The fourth-order valence-corrected chi connectivity index (χ4v) is 2.89. The summed E-state index contributed by atoms with van der Waals surface area (Å²) in [5.41, 5.74) is 2.63. The molecule has 3 aromatic rings. The molecule has 0 saturated heterocycles. The van der Waals surface area contributed by atoms with E-state index in [0.717, 1.165) is 21.8 Å². The van der Waals surface area contributed by atoms with E-state index in [2.05, 4.69) is 5.16 Å². The highest BCUT2D eigenvalue weighted by Crippen LogP contribution is 2.15. The summed E-state index contributed by atoms with van der Waals surface area (Å²) in [6.45, 7) is 0.546. The Labute approximate surface area is 157 Å². The molecule has 0 saturated carbocycles. The van der Waals surface area contributed by atoms with Gasteiger partial charge in [-0.3, -0.25) is 0 Å². The molecule has 4 heteroatoms. The average molecular weight is 361 g/mol. The Balaban J connectivity index is 1.56. The highest BCUT2D eigenvalue weighted by molar-refractivity contribution is 7.10. The van der Waals surface area contributed by atoms with Gasteiger partial charge in [-0.05, 0) is 52.9 Å². The lowest BCUT2D eigenvalue weighted by molar-refractivity contribution is 0.306. The summed E-state index contributed by atoms with van der Waals surface area (Å²) in [5, 5.41) is 14.4. The van der Waals surface area contributed by atoms with Crippen molar-refractivity contribution in [1.82, 2.24) is 0 Å². The first kappa shape index (κ1) is 17.7. The summed E-state index contributed by atoms with van der Waals surface area (Å²) in [6, 6.07) is 21.9. The Hall–Kier alpha value is -3.11. The molecule has 0 fully saturated rings. The van der Waals surface area contributed by atoms with Crippen molar-refractivity contribution in [1.29, 1.82) is 0 Å². The molecule has 0 amide bonds. The second-order valence-corrected chi connectivity index (χ2v) is 6.53. The van der Waals surface area contributed by atoms with Crippen LogP contribution in [0.25, 0.3) is 12.2 Å². The number of rotatable bonds is 7. The predicted octanol–water partition coefficient (Wildman–Crippen LogP) is 5.88. The van der Waals surface area contributed by atoms with Crippen LogP contribution in [-0.2, 0) is 6.61 Å². The van der Waals surface area contributed by atoms with E-state index in [0.29, 0.717) is 12.3 Å². The van der Waals surface area contributed by atoms with E-state index < -0.39 is 0 Å². The van der Waals surface area contributed by atoms with E-state index in [1.54, 1.807) is 23.5 Å². The zero-order valence-corrected chi connectivity index (χ0v) is 15.0. The van der Waals surface area contributed by atoms with Gasteiger partial charge in [0.15, 0.2) is 0 Å². The smallest absolute Gasteiger partial charge is 0.119 e. The summed E-state index contributed by atoms with van der Waals surface area (Å²) in [4.78, 5) is 1.11. The zero-order valence-electron chi connectivity index (χ0n) is 14.2. The van der Waals surface area contributed by atoms with E-state index in [9.17, 15) is 0 Å². The molecular formula is C22H19NO2S. The molecule has 26 heavy (non-hydrogen) atoms. The van der Waals surface area contributed by atoms with Crippen LogP contribution >= 0.6 is 11.3 Å². The molecule has 0 aliphatic heterocycles. The lowest BCUT2D eigenvalue weighted by atomic mass is 10.2. The highest BCUT2D eigenvalue weighted by atomic mass is 32.1. The maximum Gasteiger partial charge on any atom is 0.119 e. The van der Waals surface area contributed by atoms with E-state index in [1.807, 2.05) is 84.3 Å². The summed E-state index contributed by atoms with van der Waals surface area (Å²) in [6.07, 6.45) is 7.36. The van der Waals surface area contributed by atoms with Crippen LogP contribution in [0.1, 0.15) is 16.0 Å². The number of thiophene rings is 1. The molecule has 1 aromatic heterocycles. The number of nitrogens with zero attached hydrogens (tertiary/aromatic N) is 1. The van der Waals surface area contributed by atoms with Crippen molar-refractivity contribution in [2.75, 3.05) is 0 Å². The van der Waals surface area contributed by atoms with Crippen molar-refractivity contribution < 1.29 is 9.94 Å². The zero-order chi connectivity index (χ0) is 18.0. The maximum absolute atomic E-state index is 9.12. The largest absolute Gasteiger partial charge is 0.489 e. The molecule has 0 bridgehead atoms. The van der Waals surface area contributed by atoms with Gasteiger partial charge < -0.3 is 9.94 Å². The third-order valence-electron chi connectivity index (χ3n) is 3.65. The van der Waals surface area contributed by atoms with Crippen LogP contribution in [0.4, 0.5) is 0 Å². The van der Waals surface area contributed by atoms with Gasteiger partial charge in [0.05, 0.1) is 0 Å². The van der Waals surface area contributed by atoms with Crippen LogP contribution < -0.4 is 4.74 Å². The van der Waals surface area contributed by atoms with Gasteiger partial charge in [-0.15, -0.1) is 11.3 Å². The highest BCUT2D eigenvalue weighted by Gasteiger charge is 1.96. The molecule has 3 rings (SSSR count). The summed E-state index contributed by atoms with van der Waals surface area (Å²) >= 11 is 1.63. The molecule has 0 spiro atoms. The Morgan fingerprint density at radius 3 is 2.38 bits per heavy atom. The van der Waals surface area contributed by atoms with E-state index in [-0.39, 0.29) is 0 Å². The topological polar surface area (TPSA) is 41.8 Å². The van der Waals surface area contributed by atoms with Crippen molar-refractivity contribution in [3.63, 3.8) is 0 Å². The van der Waals surface area contributed by atoms with Gasteiger partial charge in [-0.25, -0.2) is 0 Å². The first-order valence-corrected chi connectivity index (χ1v) is 9.10. The van der Waals surface area contributed by atoms with Gasteiger partial charge >= 0.3 is 0 Å². The molecule has 0 atom stereocenters. The minimum atomic E-state index is 0.489. The minimum absolute atomic E-state index is 0.489. The van der Waals surface area contributed by atoms with Crippen molar-refractivity contribution >= 4 is 29.2 Å². The van der Waals surface area contributed by atoms with Gasteiger partial charge in [0.1, 0.15) is 18.1 Å².